The molecule has 8 heteroatoms. The maximum atomic E-state index is 12.5. The number of carbonyl (C=O) groups is 2. The summed E-state index contributed by atoms with van der Waals surface area (Å²) in [7, 11) is 1.28. The minimum absolute atomic E-state index is 0.00251. The highest BCUT2D eigenvalue weighted by molar-refractivity contribution is 6.09. The normalized spacial score (nSPS) is 13.2. The van der Waals surface area contributed by atoms with Crippen LogP contribution < -0.4 is 20.1 Å². The van der Waals surface area contributed by atoms with E-state index >= 15 is 0 Å². The quantitative estimate of drug-likeness (QED) is 0.776. The van der Waals surface area contributed by atoms with E-state index in [1.807, 2.05) is 0 Å². The zero-order valence-corrected chi connectivity index (χ0v) is 14.5. The smallest absolute Gasteiger partial charge is 0.387 e. The third-order valence-electron chi connectivity index (χ3n) is 3.97. The molecule has 6 nitrogen and oxygen atoms in total. The first-order valence-corrected chi connectivity index (χ1v) is 8.32. The van der Waals surface area contributed by atoms with Gasteiger partial charge in [0.15, 0.2) is 11.5 Å². The summed E-state index contributed by atoms with van der Waals surface area (Å²) in [5.41, 5.74) is 0.876. The number of ether oxygens (including phenoxy) is 2. The van der Waals surface area contributed by atoms with Gasteiger partial charge in [0.05, 0.1) is 18.4 Å². The van der Waals surface area contributed by atoms with E-state index in [1.165, 1.54) is 25.3 Å². The maximum absolute atomic E-state index is 12.5. The number of benzene rings is 2. The number of rotatable bonds is 7. The largest absolute Gasteiger partial charge is 0.493 e. The van der Waals surface area contributed by atoms with Crippen LogP contribution in [-0.4, -0.2) is 31.6 Å². The summed E-state index contributed by atoms with van der Waals surface area (Å²) in [5, 5.41) is 5.54. The Labute approximate surface area is 154 Å². The Morgan fingerprint density at radius 3 is 2.48 bits per heavy atom. The highest BCUT2D eigenvalue weighted by Gasteiger charge is 2.25. The fourth-order valence-electron chi connectivity index (χ4n) is 2.48. The molecule has 3 rings (SSSR count). The minimum Gasteiger partial charge on any atom is -0.493 e. The van der Waals surface area contributed by atoms with E-state index in [0.717, 1.165) is 12.8 Å². The highest BCUT2D eigenvalue weighted by Crippen LogP contribution is 2.30. The van der Waals surface area contributed by atoms with Crippen LogP contribution in [-0.2, 0) is 0 Å². The van der Waals surface area contributed by atoms with Gasteiger partial charge in [-0.2, -0.15) is 8.78 Å². The van der Waals surface area contributed by atoms with Gasteiger partial charge in [0, 0.05) is 11.6 Å². The monoisotopic (exact) mass is 376 g/mol. The van der Waals surface area contributed by atoms with Crippen molar-refractivity contribution in [3.05, 3.63) is 53.6 Å². The van der Waals surface area contributed by atoms with Crippen LogP contribution in [0.2, 0.25) is 0 Å². The van der Waals surface area contributed by atoms with Crippen LogP contribution in [0.5, 0.6) is 11.5 Å². The molecule has 1 saturated carbocycles. The summed E-state index contributed by atoms with van der Waals surface area (Å²) >= 11 is 0. The Hall–Kier alpha value is -3.16. The van der Waals surface area contributed by atoms with Crippen molar-refractivity contribution in [1.29, 1.82) is 0 Å². The lowest BCUT2D eigenvalue weighted by atomic mass is 10.1. The number of amides is 2. The SMILES string of the molecule is COc1cc(C(=O)Nc2ccccc2C(=O)NC2CC2)ccc1OC(F)F. The summed E-state index contributed by atoms with van der Waals surface area (Å²) in [6, 6.07) is 10.7. The number of para-hydroxylation sites is 1. The Morgan fingerprint density at radius 1 is 1.07 bits per heavy atom. The molecule has 0 bridgehead atoms. The molecule has 2 aromatic rings. The lowest BCUT2D eigenvalue weighted by Gasteiger charge is -2.13. The molecule has 1 aliphatic carbocycles. The molecule has 0 heterocycles. The van der Waals surface area contributed by atoms with Gasteiger partial charge in [-0.3, -0.25) is 9.59 Å². The second kappa shape index (κ2) is 8.03. The van der Waals surface area contributed by atoms with Gasteiger partial charge in [-0.25, -0.2) is 0 Å². The molecule has 2 N–H and O–H groups in total. The van der Waals surface area contributed by atoms with Crippen molar-refractivity contribution < 1.29 is 27.8 Å². The van der Waals surface area contributed by atoms with E-state index in [-0.39, 0.29) is 29.0 Å². The molecular formula is C19H18F2N2O4. The third kappa shape index (κ3) is 4.72. The molecule has 2 aromatic carbocycles. The van der Waals surface area contributed by atoms with Gasteiger partial charge in [-0.15, -0.1) is 0 Å². The molecule has 0 saturated heterocycles. The Balaban J connectivity index is 1.78. The van der Waals surface area contributed by atoms with Gasteiger partial charge in [-0.05, 0) is 43.2 Å². The fourth-order valence-corrected chi connectivity index (χ4v) is 2.48. The molecule has 0 radical (unpaired) electrons. The van der Waals surface area contributed by atoms with Crippen molar-refractivity contribution in [2.45, 2.75) is 25.5 Å². The molecule has 27 heavy (non-hydrogen) atoms. The average molecular weight is 376 g/mol. The number of anilines is 1. The van der Waals surface area contributed by atoms with Gasteiger partial charge in [0.2, 0.25) is 0 Å². The van der Waals surface area contributed by atoms with Crippen molar-refractivity contribution in [3.63, 3.8) is 0 Å². The van der Waals surface area contributed by atoms with Gasteiger partial charge < -0.3 is 20.1 Å². The third-order valence-corrected chi connectivity index (χ3v) is 3.97. The minimum atomic E-state index is -3.00. The van der Waals surface area contributed by atoms with E-state index in [9.17, 15) is 18.4 Å². The predicted molar refractivity (Wildman–Crippen MR) is 94.5 cm³/mol. The van der Waals surface area contributed by atoms with Crippen molar-refractivity contribution in [3.8, 4) is 11.5 Å². The zero-order valence-electron chi connectivity index (χ0n) is 14.5. The van der Waals surface area contributed by atoms with Gasteiger partial charge >= 0.3 is 6.61 Å². The molecular weight excluding hydrogens is 358 g/mol. The summed E-state index contributed by atoms with van der Waals surface area (Å²) in [4.78, 5) is 24.8. The Kier molecular flexibility index (Phi) is 5.54. The second-order valence-electron chi connectivity index (χ2n) is 5.99. The molecule has 0 aliphatic heterocycles. The molecule has 0 atom stereocenters. The maximum Gasteiger partial charge on any atom is 0.387 e. The van der Waals surface area contributed by atoms with Gasteiger partial charge in [-0.1, -0.05) is 12.1 Å². The summed E-state index contributed by atoms with van der Waals surface area (Å²) in [6.07, 6.45) is 1.90. The summed E-state index contributed by atoms with van der Waals surface area (Å²) in [6.45, 7) is -3.00. The lowest BCUT2D eigenvalue weighted by Crippen LogP contribution is -2.27. The topological polar surface area (TPSA) is 76.7 Å². The first kappa shape index (κ1) is 18.6. The second-order valence-corrected chi connectivity index (χ2v) is 5.99. The van der Waals surface area contributed by atoms with E-state index in [0.29, 0.717) is 11.3 Å². The van der Waals surface area contributed by atoms with E-state index < -0.39 is 12.5 Å². The fraction of sp³-hybridized carbons (Fsp3) is 0.263. The van der Waals surface area contributed by atoms with Crippen molar-refractivity contribution in [2.24, 2.45) is 0 Å². The highest BCUT2D eigenvalue weighted by atomic mass is 19.3. The van der Waals surface area contributed by atoms with Crippen molar-refractivity contribution in [1.82, 2.24) is 5.32 Å². The van der Waals surface area contributed by atoms with Crippen LogP contribution in [0.4, 0.5) is 14.5 Å². The predicted octanol–water partition coefficient (Wildman–Crippen LogP) is 3.44. The van der Waals surface area contributed by atoms with Crippen molar-refractivity contribution in [2.75, 3.05) is 12.4 Å². The number of hydrogen-bond acceptors (Lipinski definition) is 4. The molecule has 0 aromatic heterocycles. The molecule has 0 unspecified atom stereocenters. The first-order chi connectivity index (χ1) is 13.0. The van der Waals surface area contributed by atoms with Crippen LogP contribution in [0, 0.1) is 0 Å². The summed E-state index contributed by atoms with van der Waals surface area (Å²) < 4.78 is 34.1. The molecule has 2 amide bonds. The molecule has 1 fully saturated rings. The number of carbonyl (C=O) groups excluding carboxylic acids is 2. The van der Waals surface area contributed by atoms with Crippen LogP contribution >= 0.6 is 0 Å². The van der Waals surface area contributed by atoms with Crippen LogP contribution in [0.3, 0.4) is 0 Å². The number of alkyl halides is 2. The number of hydrogen-bond donors (Lipinski definition) is 2. The number of methoxy groups -OCH3 is 1. The Bertz CT molecular complexity index is 853. The summed E-state index contributed by atoms with van der Waals surface area (Å²) in [5.74, 6) is -0.939. The van der Waals surface area contributed by atoms with Crippen LogP contribution in [0.15, 0.2) is 42.5 Å². The van der Waals surface area contributed by atoms with Gasteiger partial charge in [0.1, 0.15) is 0 Å². The number of nitrogens with one attached hydrogen (secondary N) is 2. The number of halogens is 2. The van der Waals surface area contributed by atoms with E-state index in [4.69, 9.17) is 4.74 Å². The van der Waals surface area contributed by atoms with E-state index in [1.54, 1.807) is 24.3 Å². The van der Waals surface area contributed by atoms with Crippen molar-refractivity contribution >= 4 is 17.5 Å². The van der Waals surface area contributed by atoms with Crippen LogP contribution in [0.25, 0.3) is 0 Å². The zero-order chi connectivity index (χ0) is 19.4. The van der Waals surface area contributed by atoms with Crippen LogP contribution in [0.1, 0.15) is 33.6 Å². The first-order valence-electron chi connectivity index (χ1n) is 8.32. The standard InChI is InChI=1S/C19H18F2N2O4/c1-26-16-10-11(6-9-15(16)27-19(20)21)17(24)23-14-5-3-2-4-13(14)18(25)22-12-7-8-12/h2-6,9-10,12,19H,7-8H2,1H3,(H,22,25)(H,23,24). The molecule has 142 valence electrons. The van der Waals surface area contributed by atoms with Gasteiger partial charge in [0.25, 0.3) is 11.8 Å². The lowest BCUT2D eigenvalue weighted by molar-refractivity contribution is -0.0512. The Morgan fingerprint density at radius 2 is 1.81 bits per heavy atom. The van der Waals surface area contributed by atoms with E-state index in [2.05, 4.69) is 15.4 Å². The molecule has 1 aliphatic rings. The average Bonchev–Trinajstić information content (AvgIpc) is 3.45. The molecule has 0 spiro atoms.